The summed E-state index contributed by atoms with van der Waals surface area (Å²) >= 11 is 7.22. The number of furan rings is 1. The van der Waals surface area contributed by atoms with Crippen LogP contribution in [0.15, 0.2) is 51.0 Å². The molecule has 4 rings (SSSR count). The largest absolute Gasteiger partial charge is 0.467 e. The van der Waals surface area contributed by atoms with Gasteiger partial charge in [-0.25, -0.2) is 13.4 Å². The number of hydrogen-bond acceptors (Lipinski definition) is 7. The Bertz CT molecular complexity index is 1300. The van der Waals surface area contributed by atoms with Crippen LogP contribution in [0.25, 0.3) is 10.9 Å². The molecule has 1 aliphatic heterocycles. The summed E-state index contributed by atoms with van der Waals surface area (Å²) in [6.07, 6.45) is 1.97. The van der Waals surface area contributed by atoms with E-state index in [4.69, 9.17) is 16.0 Å². The molecule has 2 aromatic heterocycles. The number of amides is 1. The summed E-state index contributed by atoms with van der Waals surface area (Å²) in [6.45, 7) is 2.42. The van der Waals surface area contributed by atoms with E-state index in [1.54, 1.807) is 35.2 Å². The molecule has 0 spiro atoms. The zero-order valence-corrected chi connectivity index (χ0v) is 19.8. The van der Waals surface area contributed by atoms with Crippen LogP contribution in [0.2, 0.25) is 5.02 Å². The van der Waals surface area contributed by atoms with Crippen molar-refractivity contribution in [1.82, 2.24) is 14.5 Å². The molecule has 3 heterocycles. The third-order valence-corrected chi connectivity index (χ3v) is 8.36. The minimum atomic E-state index is -3.10. The van der Waals surface area contributed by atoms with Crippen LogP contribution in [0, 0.1) is 0 Å². The SMILES string of the molecule is CCN(C(=O)CSc1nc2cc(Cl)ccc2c(=O)n1Cc1ccco1)[C@@H]1CCS(=O)(=O)C1. The van der Waals surface area contributed by atoms with E-state index in [1.807, 2.05) is 6.92 Å². The fourth-order valence-corrected chi connectivity index (χ4v) is 6.63. The van der Waals surface area contributed by atoms with Gasteiger partial charge in [-0.2, -0.15) is 0 Å². The molecule has 0 aliphatic carbocycles. The number of sulfone groups is 1. The fraction of sp³-hybridized carbons (Fsp3) is 0.381. The summed E-state index contributed by atoms with van der Waals surface area (Å²) in [4.78, 5) is 32.3. The Morgan fingerprint density at radius 1 is 1.38 bits per heavy atom. The molecule has 1 aliphatic rings. The van der Waals surface area contributed by atoms with Crippen LogP contribution in [-0.2, 0) is 21.2 Å². The average molecular weight is 496 g/mol. The number of carbonyl (C=O) groups is 1. The van der Waals surface area contributed by atoms with Crippen LogP contribution in [-0.4, -0.2) is 58.6 Å². The minimum Gasteiger partial charge on any atom is -0.467 e. The molecule has 0 bridgehead atoms. The maximum atomic E-state index is 13.2. The Labute approximate surface area is 194 Å². The molecular formula is C21H22ClN3O5S2. The summed E-state index contributed by atoms with van der Waals surface area (Å²) in [6, 6.07) is 8.06. The van der Waals surface area contributed by atoms with Gasteiger partial charge in [-0.3, -0.25) is 14.2 Å². The van der Waals surface area contributed by atoms with E-state index in [1.165, 1.54) is 10.8 Å². The van der Waals surface area contributed by atoms with Crippen LogP contribution in [0.1, 0.15) is 19.1 Å². The standard InChI is InChI=1S/C21H22ClN3O5S2/c1-2-24(15-7-9-32(28,29)13-15)19(26)12-31-21-23-18-10-14(22)5-6-17(18)20(27)25(21)11-16-4-3-8-30-16/h3-6,8,10,15H,2,7,9,11-13H2,1H3/t15-/m1/s1. The molecule has 8 nitrogen and oxygen atoms in total. The molecule has 0 N–H and O–H groups in total. The second-order valence-electron chi connectivity index (χ2n) is 7.55. The lowest BCUT2D eigenvalue weighted by Gasteiger charge is -2.26. The molecule has 0 saturated carbocycles. The van der Waals surface area contributed by atoms with Crippen molar-refractivity contribution >= 4 is 50.0 Å². The number of thioether (sulfide) groups is 1. The molecule has 1 fully saturated rings. The first-order valence-electron chi connectivity index (χ1n) is 10.1. The summed E-state index contributed by atoms with van der Waals surface area (Å²) < 4.78 is 30.5. The maximum absolute atomic E-state index is 13.2. The molecule has 1 atom stereocenters. The monoisotopic (exact) mass is 495 g/mol. The van der Waals surface area contributed by atoms with Gasteiger partial charge in [0.05, 0.1) is 41.0 Å². The van der Waals surface area contributed by atoms with E-state index in [2.05, 4.69) is 4.98 Å². The lowest BCUT2D eigenvalue weighted by molar-refractivity contribution is -0.129. The van der Waals surface area contributed by atoms with Gasteiger partial charge in [0.2, 0.25) is 5.91 Å². The summed E-state index contributed by atoms with van der Waals surface area (Å²) in [5, 5.41) is 1.24. The Kier molecular flexibility index (Phi) is 6.64. The lowest BCUT2D eigenvalue weighted by atomic mass is 10.2. The second-order valence-corrected chi connectivity index (χ2v) is 11.2. The predicted octanol–water partition coefficient (Wildman–Crippen LogP) is 2.82. The lowest BCUT2D eigenvalue weighted by Crippen LogP contribution is -2.42. The number of carbonyl (C=O) groups excluding carboxylic acids is 1. The second kappa shape index (κ2) is 9.29. The van der Waals surface area contributed by atoms with Crippen molar-refractivity contribution < 1.29 is 17.6 Å². The zero-order chi connectivity index (χ0) is 22.9. The number of aromatic nitrogens is 2. The number of hydrogen-bond donors (Lipinski definition) is 0. The number of rotatable bonds is 7. The number of benzene rings is 1. The van der Waals surface area contributed by atoms with Crippen molar-refractivity contribution in [3.63, 3.8) is 0 Å². The predicted molar refractivity (Wildman–Crippen MR) is 124 cm³/mol. The summed E-state index contributed by atoms with van der Waals surface area (Å²) in [7, 11) is -3.10. The fourth-order valence-electron chi connectivity index (χ4n) is 3.85. The van der Waals surface area contributed by atoms with E-state index >= 15 is 0 Å². The van der Waals surface area contributed by atoms with E-state index in [0.29, 0.717) is 39.8 Å². The van der Waals surface area contributed by atoms with Crippen LogP contribution in [0.4, 0.5) is 0 Å². The third kappa shape index (κ3) is 4.87. The van der Waals surface area contributed by atoms with Gasteiger partial charge in [-0.05, 0) is 43.7 Å². The zero-order valence-electron chi connectivity index (χ0n) is 17.4. The van der Waals surface area contributed by atoms with Crippen molar-refractivity contribution in [3.8, 4) is 0 Å². The molecule has 0 radical (unpaired) electrons. The van der Waals surface area contributed by atoms with E-state index in [9.17, 15) is 18.0 Å². The van der Waals surface area contributed by atoms with Gasteiger partial charge in [-0.15, -0.1) is 0 Å². The van der Waals surface area contributed by atoms with Gasteiger partial charge in [0.1, 0.15) is 5.76 Å². The normalized spacial score (nSPS) is 17.6. The van der Waals surface area contributed by atoms with Gasteiger partial charge in [0.25, 0.3) is 5.56 Å². The van der Waals surface area contributed by atoms with Crippen molar-refractivity contribution in [2.75, 3.05) is 23.8 Å². The Morgan fingerprint density at radius 3 is 2.84 bits per heavy atom. The highest BCUT2D eigenvalue weighted by molar-refractivity contribution is 7.99. The van der Waals surface area contributed by atoms with Crippen LogP contribution < -0.4 is 5.56 Å². The van der Waals surface area contributed by atoms with E-state index < -0.39 is 9.84 Å². The molecule has 3 aromatic rings. The van der Waals surface area contributed by atoms with Gasteiger partial charge < -0.3 is 9.32 Å². The number of halogens is 1. The van der Waals surface area contributed by atoms with Crippen molar-refractivity contribution in [2.24, 2.45) is 0 Å². The minimum absolute atomic E-state index is 0.00677. The molecule has 32 heavy (non-hydrogen) atoms. The van der Waals surface area contributed by atoms with Crippen molar-refractivity contribution in [2.45, 2.75) is 31.1 Å². The highest BCUT2D eigenvalue weighted by Crippen LogP contribution is 2.23. The Hall–Kier alpha value is -2.30. The first kappa shape index (κ1) is 22.9. The molecular weight excluding hydrogens is 474 g/mol. The van der Waals surface area contributed by atoms with Crippen LogP contribution >= 0.6 is 23.4 Å². The first-order chi connectivity index (χ1) is 15.3. The van der Waals surface area contributed by atoms with E-state index in [-0.39, 0.29) is 41.3 Å². The van der Waals surface area contributed by atoms with Crippen molar-refractivity contribution in [3.05, 3.63) is 57.7 Å². The van der Waals surface area contributed by atoms with Crippen LogP contribution in [0.3, 0.4) is 0 Å². The van der Waals surface area contributed by atoms with Gasteiger partial charge in [0, 0.05) is 17.6 Å². The van der Waals surface area contributed by atoms with Gasteiger partial charge >= 0.3 is 0 Å². The summed E-state index contributed by atoms with van der Waals surface area (Å²) in [5.74, 6) is 0.518. The quantitative estimate of drug-likeness (QED) is 0.367. The first-order valence-corrected chi connectivity index (χ1v) is 13.3. The molecule has 1 aromatic carbocycles. The highest BCUT2D eigenvalue weighted by atomic mass is 35.5. The smallest absolute Gasteiger partial charge is 0.262 e. The van der Waals surface area contributed by atoms with E-state index in [0.717, 1.165) is 11.8 Å². The molecule has 1 saturated heterocycles. The molecule has 11 heteroatoms. The van der Waals surface area contributed by atoms with Gasteiger partial charge in [-0.1, -0.05) is 23.4 Å². The maximum Gasteiger partial charge on any atom is 0.262 e. The topological polar surface area (TPSA) is 102 Å². The van der Waals surface area contributed by atoms with Crippen LogP contribution in [0.5, 0.6) is 0 Å². The highest BCUT2D eigenvalue weighted by Gasteiger charge is 2.34. The number of nitrogens with zero attached hydrogens (tertiary/aromatic N) is 3. The Balaban J connectivity index is 1.62. The summed E-state index contributed by atoms with van der Waals surface area (Å²) in [5.41, 5.74) is 0.189. The molecule has 1 amide bonds. The van der Waals surface area contributed by atoms with Crippen molar-refractivity contribution in [1.29, 1.82) is 0 Å². The average Bonchev–Trinajstić information content (AvgIpc) is 3.38. The Morgan fingerprint density at radius 2 is 2.19 bits per heavy atom. The van der Waals surface area contributed by atoms with Gasteiger partial charge in [0.15, 0.2) is 15.0 Å². The number of fused-ring (bicyclic) bond motifs is 1. The third-order valence-electron chi connectivity index (χ3n) is 5.41. The molecule has 170 valence electrons. The molecule has 0 unspecified atom stereocenters.